The standard InChI is InChI=1S/C10H8N2O7S/c1-5(10(14)15)11-9(13)7-4-6(12(16)17)2-3-8(7)20(11,18)19/h2-5H,1H3,(H,14,15). The van der Waals surface area contributed by atoms with Gasteiger partial charge in [0.15, 0.2) is 0 Å². The van der Waals surface area contributed by atoms with Gasteiger partial charge >= 0.3 is 5.97 Å². The Morgan fingerprint density at radius 3 is 2.55 bits per heavy atom. The molecule has 0 saturated heterocycles. The largest absolute Gasteiger partial charge is 0.480 e. The van der Waals surface area contributed by atoms with E-state index in [-0.39, 0.29) is 4.31 Å². The predicted octanol–water partition coefficient (Wildman–Crippen LogP) is 0.212. The van der Waals surface area contributed by atoms with Gasteiger partial charge in [0.25, 0.3) is 21.6 Å². The first-order chi connectivity index (χ1) is 9.17. The number of non-ortho nitro benzene ring substituents is 1. The second-order valence-electron chi connectivity index (χ2n) is 4.06. The maximum Gasteiger partial charge on any atom is 0.327 e. The first-order valence-electron chi connectivity index (χ1n) is 5.28. The van der Waals surface area contributed by atoms with Crippen molar-refractivity contribution in [1.29, 1.82) is 0 Å². The average Bonchev–Trinajstić information content (AvgIpc) is 2.56. The van der Waals surface area contributed by atoms with E-state index in [4.69, 9.17) is 5.11 Å². The molecule has 0 aromatic heterocycles. The van der Waals surface area contributed by atoms with Crippen LogP contribution >= 0.6 is 0 Å². The summed E-state index contributed by atoms with van der Waals surface area (Å²) in [6, 6.07) is 1.09. The Labute approximate surface area is 112 Å². The fourth-order valence-electron chi connectivity index (χ4n) is 1.84. The Morgan fingerprint density at radius 1 is 1.45 bits per heavy atom. The third-order valence-electron chi connectivity index (χ3n) is 2.85. The molecule has 1 amide bonds. The third-order valence-corrected chi connectivity index (χ3v) is 4.76. The number of hydrogen-bond acceptors (Lipinski definition) is 6. The van der Waals surface area contributed by atoms with Crippen molar-refractivity contribution in [3.8, 4) is 0 Å². The lowest BCUT2D eigenvalue weighted by molar-refractivity contribution is -0.384. The molecule has 0 aliphatic carbocycles. The molecule has 106 valence electrons. The lowest BCUT2D eigenvalue weighted by Gasteiger charge is -2.18. The summed E-state index contributed by atoms with van der Waals surface area (Å²) in [5.41, 5.74) is -0.843. The molecule has 0 saturated carbocycles. The van der Waals surface area contributed by atoms with E-state index in [0.717, 1.165) is 25.1 Å². The van der Waals surface area contributed by atoms with Gasteiger partial charge in [-0.3, -0.25) is 14.9 Å². The van der Waals surface area contributed by atoms with E-state index >= 15 is 0 Å². The zero-order chi connectivity index (χ0) is 15.2. The quantitative estimate of drug-likeness (QED) is 0.622. The molecule has 0 radical (unpaired) electrons. The molecule has 9 nitrogen and oxygen atoms in total. The number of carboxylic acid groups (broad SMARTS) is 1. The third kappa shape index (κ3) is 1.81. The maximum atomic E-state index is 12.1. The van der Waals surface area contributed by atoms with Crippen LogP contribution in [-0.2, 0) is 14.8 Å². The number of amides is 1. The minimum Gasteiger partial charge on any atom is -0.480 e. The van der Waals surface area contributed by atoms with Crippen LogP contribution in [-0.4, -0.2) is 40.7 Å². The van der Waals surface area contributed by atoms with Gasteiger partial charge in [0.1, 0.15) is 10.9 Å². The number of benzene rings is 1. The molecule has 20 heavy (non-hydrogen) atoms. The lowest BCUT2D eigenvalue weighted by atomic mass is 10.2. The summed E-state index contributed by atoms with van der Waals surface area (Å²) in [6.45, 7) is 1.04. The smallest absolute Gasteiger partial charge is 0.327 e. The van der Waals surface area contributed by atoms with Gasteiger partial charge in [0.2, 0.25) is 0 Å². The molecule has 1 aliphatic rings. The highest BCUT2D eigenvalue weighted by molar-refractivity contribution is 7.90. The van der Waals surface area contributed by atoms with Gasteiger partial charge in [-0.05, 0) is 13.0 Å². The van der Waals surface area contributed by atoms with E-state index in [2.05, 4.69) is 0 Å². The van der Waals surface area contributed by atoms with E-state index in [0.29, 0.717) is 0 Å². The summed E-state index contributed by atoms with van der Waals surface area (Å²) in [5.74, 6) is -2.58. The van der Waals surface area contributed by atoms with E-state index in [1.807, 2.05) is 0 Å². The van der Waals surface area contributed by atoms with Crippen LogP contribution in [0.15, 0.2) is 23.1 Å². The number of rotatable bonds is 3. The molecule has 1 N–H and O–H groups in total. The molecular weight excluding hydrogens is 292 g/mol. The second-order valence-corrected chi connectivity index (χ2v) is 5.84. The first kappa shape index (κ1) is 13.9. The van der Waals surface area contributed by atoms with Crippen molar-refractivity contribution in [3.05, 3.63) is 33.9 Å². The Kier molecular flexibility index (Phi) is 2.97. The van der Waals surface area contributed by atoms with Crippen LogP contribution in [0.5, 0.6) is 0 Å². The highest BCUT2D eigenvalue weighted by Gasteiger charge is 2.46. The van der Waals surface area contributed by atoms with Gasteiger partial charge in [0.05, 0.1) is 10.5 Å². The number of aliphatic carboxylic acids is 1. The number of fused-ring (bicyclic) bond motifs is 1. The van der Waals surface area contributed by atoms with Crippen molar-refractivity contribution in [2.24, 2.45) is 0 Å². The summed E-state index contributed by atoms with van der Waals surface area (Å²) < 4.78 is 24.4. The highest BCUT2D eigenvalue weighted by atomic mass is 32.2. The summed E-state index contributed by atoms with van der Waals surface area (Å²) in [4.78, 5) is 32.3. The Bertz CT molecular complexity index is 740. The number of nitrogens with zero attached hydrogens (tertiary/aromatic N) is 2. The van der Waals surface area contributed by atoms with Crippen molar-refractivity contribution < 1.29 is 28.0 Å². The number of carbonyl (C=O) groups is 2. The SMILES string of the molecule is CC(C(=O)O)N1C(=O)c2cc([N+](=O)[O-])ccc2S1(=O)=O. The van der Waals surface area contributed by atoms with Gasteiger partial charge in [-0.15, -0.1) is 0 Å². The molecule has 1 atom stereocenters. The van der Waals surface area contributed by atoms with E-state index in [1.165, 1.54) is 0 Å². The summed E-state index contributed by atoms with van der Waals surface area (Å²) in [7, 11) is -4.30. The number of nitro groups is 1. The van der Waals surface area contributed by atoms with Gasteiger partial charge < -0.3 is 5.11 Å². The molecule has 1 aliphatic heterocycles. The molecule has 0 spiro atoms. The molecule has 1 aromatic carbocycles. The van der Waals surface area contributed by atoms with Crippen molar-refractivity contribution >= 4 is 27.6 Å². The zero-order valence-corrected chi connectivity index (χ0v) is 10.8. The number of carboxylic acids is 1. The average molecular weight is 300 g/mol. The highest BCUT2D eigenvalue weighted by Crippen LogP contribution is 2.34. The molecular formula is C10H8N2O7S. The van der Waals surface area contributed by atoms with Gasteiger partial charge in [0, 0.05) is 12.1 Å². The Hall–Kier alpha value is -2.49. The van der Waals surface area contributed by atoms with Crippen LogP contribution in [0.2, 0.25) is 0 Å². The first-order valence-corrected chi connectivity index (χ1v) is 6.72. The predicted molar refractivity (Wildman–Crippen MR) is 63.5 cm³/mol. The lowest BCUT2D eigenvalue weighted by Crippen LogP contribution is -2.42. The number of nitro benzene ring substituents is 1. The van der Waals surface area contributed by atoms with Crippen molar-refractivity contribution in [1.82, 2.24) is 4.31 Å². The van der Waals surface area contributed by atoms with Crippen LogP contribution < -0.4 is 0 Å². The normalized spacial score (nSPS) is 17.6. The molecule has 1 heterocycles. The molecule has 0 fully saturated rings. The summed E-state index contributed by atoms with van der Waals surface area (Å²) >= 11 is 0. The summed E-state index contributed by atoms with van der Waals surface area (Å²) in [6.07, 6.45) is 0. The summed E-state index contributed by atoms with van der Waals surface area (Å²) in [5, 5.41) is 19.5. The molecule has 1 aromatic rings. The number of carbonyl (C=O) groups excluding carboxylic acids is 1. The van der Waals surface area contributed by atoms with Crippen LogP contribution in [0, 0.1) is 10.1 Å². The van der Waals surface area contributed by atoms with E-state index in [9.17, 15) is 28.1 Å². The fourth-order valence-corrected chi connectivity index (χ4v) is 3.54. The maximum absolute atomic E-state index is 12.1. The van der Waals surface area contributed by atoms with Crippen LogP contribution in [0.1, 0.15) is 17.3 Å². The number of hydrogen-bond donors (Lipinski definition) is 1. The second kappa shape index (κ2) is 4.27. The van der Waals surface area contributed by atoms with Crippen molar-refractivity contribution in [3.63, 3.8) is 0 Å². The van der Waals surface area contributed by atoms with E-state index < -0.39 is 49.0 Å². The topological polar surface area (TPSA) is 135 Å². The van der Waals surface area contributed by atoms with Crippen molar-refractivity contribution in [2.45, 2.75) is 17.9 Å². The monoisotopic (exact) mass is 300 g/mol. The van der Waals surface area contributed by atoms with Gasteiger partial charge in [-0.25, -0.2) is 17.5 Å². The fraction of sp³-hybridized carbons (Fsp3) is 0.200. The Balaban J connectivity index is 2.64. The molecule has 0 bridgehead atoms. The minimum absolute atomic E-state index is 0.212. The molecule has 1 unspecified atom stereocenters. The minimum atomic E-state index is -4.30. The molecule has 2 rings (SSSR count). The van der Waals surface area contributed by atoms with E-state index in [1.54, 1.807) is 0 Å². The van der Waals surface area contributed by atoms with Crippen LogP contribution in [0.25, 0.3) is 0 Å². The van der Waals surface area contributed by atoms with Crippen LogP contribution in [0.3, 0.4) is 0 Å². The van der Waals surface area contributed by atoms with Crippen molar-refractivity contribution in [2.75, 3.05) is 0 Å². The van der Waals surface area contributed by atoms with Gasteiger partial charge in [-0.1, -0.05) is 0 Å². The number of sulfonamides is 1. The Morgan fingerprint density at radius 2 is 2.05 bits per heavy atom. The molecule has 10 heteroatoms. The zero-order valence-electron chi connectivity index (χ0n) is 10.0. The van der Waals surface area contributed by atoms with Gasteiger partial charge in [-0.2, -0.15) is 0 Å². The van der Waals surface area contributed by atoms with Crippen LogP contribution in [0.4, 0.5) is 5.69 Å².